The normalized spacial score (nSPS) is 10.1. The van der Waals surface area contributed by atoms with Crippen molar-refractivity contribution in [2.75, 3.05) is 5.32 Å². The van der Waals surface area contributed by atoms with Crippen molar-refractivity contribution in [1.29, 1.82) is 5.26 Å². The van der Waals surface area contributed by atoms with Crippen LogP contribution in [0.1, 0.15) is 11.1 Å². The SMILES string of the molecule is Cc1ccnc(Nc2ncc(-c3cccc(Cl)c3)cc2C#N)c1. The number of halogens is 1. The summed E-state index contributed by atoms with van der Waals surface area (Å²) in [6, 6.07) is 15.2. The van der Waals surface area contributed by atoms with Crippen LogP contribution >= 0.6 is 11.6 Å². The number of aryl methyl sites for hydroxylation is 1. The third-order valence-electron chi connectivity index (χ3n) is 3.33. The van der Waals surface area contributed by atoms with E-state index in [4.69, 9.17) is 11.6 Å². The Balaban J connectivity index is 1.96. The molecule has 0 saturated carbocycles. The Labute approximate surface area is 139 Å². The van der Waals surface area contributed by atoms with Crippen molar-refractivity contribution in [3.05, 3.63) is 71.0 Å². The van der Waals surface area contributed by atoms with Gasteiger partial charge >= 0.3 is 0 Å². The Hall–Kier alpha value is -2.90. The fraction of sp³-hybridized carbons (Fsp3) is 0.0556. The van der Waals surface area contributed by atoms with E-state index in [1.54, 1.807) is 18.5 Å². The molecule has 1 N–H and O–H groups in total. The predicted molar refractivity (Wildman–Crippen MR) is 91.7 cm³/mol. The van der Waals surface area contributed by atoms with Crippen LogP contribution in [0.2, 0.25) is 5.02 Å². The summed E-state index contributed by atoms with van der Waals surface area (Å²) in [6.07, 6.45) is 3.43. The summed E-state index contributed by atoms with van der Waals surface area (Å²) < 4.78 is 0. The van der Waals surface area contributed by atoms with Gasteiger partial charge in [0, 0.05) is 23.0 Å². The van der Waals surface area contributed by atoms with E-state index in [1.165, 1.54) is 0 Å². The van der Waals surface area contributed by atoms with Gasteiger partial charge < -0.3 is 5.32 Å². The number of aromatic nitrogens is 2. The standard InChI is InChI=1S/C18H13ClN4/c1-12-5-6-21-17(7-12)23-18-14(10-20)8-15(11-22-18)13-3-2-4-16(19)9-13/h2-9,11H,1H3,(H,21,22,23). The van der Waals surface area contributed by atoms with E-state index in [2.05, 4.69) is 21.4 Å². The van der Waals surface area contributed by atoms with Gasteiger partial charge in [-0.1, -0.05) is 23.7 Å². The minimum absolute atomic E-state index is 0.450. The lowest BCUT2D eigenvalue weighted by atomic mass is 10.1. The number of benzene rings is 1. The van der Waals surface area contributed by atoms with E-state index in [1.807, 2.05) is 43.3 Å². The van der Waals surface area contributed by atoms with Crippen molar-refractivity contribution in [1.82, 2.24) is 9.97 Å². The molecule has 2 heterocycles. The van der Waals surface area contributed by atoms with Crippen LogP contribution in [0.3, 0.4) is 0 Å². The van der Waals surface area contributed by atoms with E-state index in [-0.39, 0.29) is 0 Å². The fourth-order valence-corrected chi connectivity index (χ4v) is 2.39. The number of pyridine rings is 2. The van der Waals surface area contributed by atoms with Crippen molar-refractivity contribution in [2.45, 2.75) is 6.92 Å². The second kappa shape index (κ2) is 6.47. The smallest absolute Gasteiger partial charge is 0.149 e. The van der Waals surface area contributed by atoms with E-state index in [0.29, 0.717) is 22.2 Å². The number of nitrogens with one attached hydrogen (secondary N) is 1. The van der Waals surface area contributed by atoms with E-state index in [9.17, 15) is 5.26 Å². The maximum atomic E-state index is 9.40. The molecule has 3 aromatic rings. The monoisotopic (exact) mass is 320 g/mol. The van der Waals surface area contributed by atoms with Gasteiger partial charge in [-0.05, 0) is 48.4 Å². The molecule has 1 aromatic carbocycles. The summed E-state index contributed by atoms with van der Waals surface area (Å²) in [6.45, 7) is 1.98. The van der Waals surface area contributed by atoms with Crippen LogP contribution in [0.15, 0.2) is 54.9 Å². The molecule has 0 aliphatic rings. The van der Waals surface area contributed by atoms with Gasteiger partial charge in [-0.2, -0.15) is 5.26 Å². The van der Waals surface area contributed by atoms with Crippen molar-refractivity contribution in [3.63, 3.8) is 0 Å². The zero-order valence-electron chi connectivity index (χ0n) is 12.4. The molecule has 0 bridgehead atoms. The Bertz CT molecular complexity index is 900. The number of nitriles is 1. The zero-order valence-corrected chi connectivity index (χ0v) is 13.2. The third-order valence-corrected chi connectivity index (χ3v) is 3.56. The first kappa shape index (κ1) is 15.0. The van der Waals surface area contributed by atoms with Crippen LogP contribution in [0, 0.1) is 18.3 Å². The summed E-state index contributed by atoms with van der Waals surface area (Å²) in [5, 5.41) is 13.1. The first-order chi connectivity index (χ1) is 11.2. The third kappa shape index (κ3) is 3.47. The summed E-state index contributed by atoms with van der Waals surface area (Å²) >= 11 is 6.02. The molecule has 2 aromatic heterocycles. The van der Waals surface area contributed by atoms with Gasteiger partial charge in [-0.3, -0.25) is 0 Å². The molecule has 0 aliphatic heterocycles. The number of hydrogen-bond acceptors (Lipinski definition) is 4. The van der Waals surface area contributed by atoms with E-state index in [0.717, 1.165) is 16.7 Å². The molecule has 0 atom stereocenters. The second-order valence-corrected chi connectivity index (χ2v) is 5.52. The molecule has 3 rings (SSSR count). The number of rotatable bonds is 3. The first-order valence-electron chi connectivity index (χ1n) is 7.01. The van der Waals surface area contributed by atoms with Crippen molar-refractivity contribution >= 4 is 23.2 Å². The predicted octanol–water partition coefficient (Wildman–Crippen LogP) is 4.72. The molecule has 0 fully saturated rings. The number of hydrogen-bond donors (Lipinski definition) is 1. The highest BCUT2D eigenvalue weighted by molar-refractivity contribution is 6.30. The summed E-state index contributed by atoms with van der Waals surface area (Å²) in [5.41, 5.74) is 3.29. The summed E-state index contributed by atoms with van der Waals surface area (Å²) in [5.74, 6) is 1.14. The molecule has 0 amide bonds. The minimum Gasteiger partial charge on any atom is -0.324 e. The lowest BCUT2D eigenvalue weighted by molar-refractivity contribution is 1.23. The van der Waals surface area contributed by atoms with Crippen LogP contribution in [0.5, 0.6) is 0 Å². The Morgan fingerprint density at radius 1 is 1.09 bits per heavy atom. The van der Waals surface area contributed by atoms with Crippen molar-refractivity contribution in [2.24, 2.45) is 0 Å². The van der Waals surface area contributed by atoms with Crippen LogP contribution in [-0.4, -0.2) is 9.97 Å². The average Bonchev–Trinajstić information content (AvgIpc) is 2.55. The highest BCUT2D eigenvalue weighted by Gasteiger charge is 2.08. The van der Waals surface area contributed by atoms with Crippen molar-refractivity contribution in [3.8, 4) is 17.2 Å². The Morgan fingerprint density at radius 2 is 1.96 bits per heavy atom. The van der Waals surface area contributed by atoms with Gasteiger partial charge in [0.2, 0.25) is 0 Å². The van der Waals surface area contributed by atoms with Crippen LogP contribution in [0.25, 0.3) is 11.1 Å². The average molecular weight is 321 g/mol. The van der Waals surface area contributed by atoms with E-state index < -0.39 is 0 Å². The maximum absolute atomic E-state index is 9.40. The summed E-state index contributed by atoms with van der Waals surface area (Å²) in [4.78, 5) is 8.59. The van der Waals surface area contributed by atoms with Crippen molar-refractivity contribution < 1.29 is 0 Å². The van der Waals surface area contributed by atoms with Gasteiger partial charge in [0.05, 0.1) is 5.56 Å². The van der Waals surface area contributed by atoms with E-state index >= 15 is 0 Å². The highest BCUT2D eigenvalue weighted by Crippen LogP contribution is 2.26. The molecule has 0 aliphatic carbocycles. The van der Waals surface area contributed by atoms with Crippen LogP contribution < -0.4 is 5.32 Å². The molecule has 0 spiro atoms. The Morgan fingerprint density at radius 3 is 2.70 bits per heavy atom. The molecule has 23 heavy (non-hydrogen) atoms. The Kier molecular flexibility index (Phi) is 4.22. The van der Waals surface area contributed by atoms with Gasteiger partial charge in [-0.25, -0.2) is 9.97 Å². The molecular formula is C18H13ClN4. The van der Waals surface area contributed by atoms with Gasteiger partial charge in [0.1, 0.15) is 17.7 Å². The largest absolute Gasteiger partial charge is 0.324 e. The van der Waals surface area contributed by atoms with Gasteiger partial charge in [0.25, 0.3) is 0 Å². The molecule has 112 valence electrons. The van der Waals surface area contributed by atoms with Crippen LogP contribution in [-0.2, 0) is 0 Å². The lowest BCUT2D eigenvalue weighted by Crippen LogP contribution is -1.99. The second-order valence-electron chi connectivity index (χ2n) is 5.09. The number of anilines is 2. The molecule has 0 unspecified atom stereocenters. The van der Waals surface area contributed by atoms with Gasteiger partial charge in [0.15, 0.2) is 0 Å². The summed E-state index contributed by atoms with van der Waals surface area (Å²) in [7, 11) is 0. The zero-order chi connectivity index (χ0) is 16.2. The van der Waals surface area contributed by atoms with Gasteiger partial charge in [-0.15, -0.1) is 0 Å². The topological polar surface area (TPSA) is 61.6 Å². The molecule has 4 nitrogen and oxygen atoms in total. The fourth-order valence-electron chi connectivity index (χ4n) is 2.20. The lowest BCUT2D eigenvalue weighted by Gasteiger charge is -2.09. The molecule has 5 heteroatoms. The highest BCUT2D eigenvalue weighted by atomic mass is 35.5. The molecular weight excluding hydrogens is 308 g/mol. The molecule has 0 saturated heterocycles. The number of nitrogens with zero attached hydrogens (tertiary/aromatic N) is 3. The first-order valence-corrected chi connectivity index (χ1v) is 7.39. The molecule has 0 radical (unpaired) electrons. The quantitative estimate of drug-likeness (QED) is 0.758. The maximum Gasteiger partial charge on any atom is 0.149 e. The minimum atomic E-state index is 0.450. The van der Waals surface area contributed by atoms with Crippen LogP contribution in [0.4, 0.5) is 11.6 Å².